The van der Waals surface area contributed by atoms with E-state index in [4.69, 9.17) is 0 Å². The number of fused-ring (bicyclic) bond motifs is 2. The molecular formula is C28H14F8N6O. The molecule has 0 saturated carbocycles. The molecule has 0 fully saturated rings. The van der Waals surface area contributed by atoms with Gasteiger partial charge in [0.2, 0.25) is 5.82 Å². The first-order valence-corrected chi connectivity index (χ1v) is 12.2. The lowest BCUT2D eigenvalue weighted by molar-refractivity contribution is -0.142. The number of hydrogen-bond acceptors (Lipinski definition) is 4. The van der Waals surface area contributed by atoms with Gasteiger partial charge in [0.05, 0.1) is 17.8 Å². The van der Waals surface area contributed by atoms with Crippen molar-refractivity contribution in [3.8, 4) is 11.3 Å². The van der Waals surface area contributed by atoms with E-state index < -0.39 is 64.7 Å². The van der Waals surface area contributed by atoms with Gasteiger partial charge in [-0.25, -0.2) is 31.5 Å². The smallest absolute Gasteiger partial charge is 0.304 e. The van der Waals surface area contributed by atoms with Gasteiger partial charge in [0.1, 0.15) is 0 Å². The number of amides is 1. The first-order chi connectivity index (χ1) is 20.4. The van der Waals surface area contributed by atoms with Crippen molar-refractivity contribution in [3.63, 3.8) is 0 Å². The minimum atomic E-state index is -4.87. The summed E-state index contributed by atoms with van der Waals surface area (Å²) >= 11 is 0. The number of nitrogens with zero attached hydrogens (tertiary/aromatic N) is 5. The van der Waals surface area contributed by atoms with E-state index in [-0.39, 0.29) is 17.2 Å². The average Bonchev–Trinajstić information content (AvgIpc) is 3.62. The molecule has 3 aromatic carbocycles. The third kappa shape index (κ3) is 5.02. The number of aromatic nitrogens is 5. The van der Waals surface area contributed by atoms with E-state index >= 15 is 0 Å². The normalized spacial score (nSPS) is 11.9. The second-order valence-corrected chi connectivity index (χ2v) is 9.29. The van der Waals surface area contributed by atoms with Crippen molar-refractivity contribution in [1.82, 2.24) is 24.4 Å². The van der Waals surface area contributed by atoms with Gasteiger partial charge >= 0.3 is 6.18 Å². The van der Waals surface area contributed by atoms with Gasteiger partial charge in [-0.2, -0.15) is 23.4 Å². The van der Waals surface area contributed by atoms with Gasteiger partial charge in [0.15, 0.2) is 46.1 Å². The Labute approximate surface area is 235 Å². The lowest BCUT2D eigenvalue weighted by atomic mass is 10.0. The highest BCUT2D eigenvalue weighted by molar-refractivity contribution is 6.03. The van der Waals surface area contributed by atoms with E-state index in [0.29, 0.717) is 10.1 Å². The summed E-state index contributed by atoms with van der Waals surface area (Å²) in [6.45, 7) is -0.883. The predicted molar refractivity (Wildman–Crippen MR) is 136 cm³/mol. The molecule has 0 aliphatic carbocycles. The Morgan fingerprint density at radius 2 is 1.47 bits per heavy atom. The van der Waals surface area contributed by atoms with Crippen molar-refractivity contribution in [2.75, 3.05) is 5.32 Å². The number of halogens is 8. The first kappa shape index (κ1) is 27.8. The van der Waals surface area contributed by atoms with Crippen LogP contribution in [-0.4, -0.2) is 30.3 Å². The van der Waals surface area contributed by atoms with E-state index in [1.165, 1.54) is 0 Å². The predicted octanol–water partition coefficient (Wildman–Crippen LogP) is 6.76. The minimum Gasteiger partial charge on any atom is -0.304 e. The number of nitrogens with one attached hydrogen (secondary N) is 1. The molecule has 0 radical (unpaired) electrons. The molecule has 43 heavy (non-hydrogen) atoms. The number of carbonyl (C=O) groups excluding carboxylic acids is 1. The van der Waals surface area contributed by atoms with Crippen LogP contribution in [0.3, 0.4) is 0 Å². The van der Waals surface area contributed by atoms with Crippen LogP contribution >= 0.6 is 0 Å². The Balaban J connectivity index is 1.29. The zero-order valence-electron chi connectivity index (χ0n) is 21.2. The molecule has 0 bridgehead atoms. The molecule has 3 heterocycles. The highest BCUT2D eigenvalue weighted by Gasteiger charge is 2.36. The van der Waals surface area contributed by atoms with E-state index in [0.717, 1.165) is 39.9 Å². The SMILES string of the molecule is O=C(Nc1ccn(Cc2c(F)c(F)c(F)c(F)c2F)n1)c1cc2nc(-c3ccc4ccccc4c3)cc(C(F)(F)F)n2n1. The molecule has 218 valence electrons. The van der Waals surface area contributed by atoms with E-state index in [2.05, 4.69) is 20.5 Å². The summed E-state index contributed by atoms with van der Waals surface area (Å²) in [5.41, 5.74) is -2.71. The number of rotatable bonds is 5. The van der Waals surface area contributed by atoms with Crippen LogP contribution in [0.2, 0.25) is 0 Å². The summed E-state index contributed by atoms with van der Waals surface area (Å²) in [7, 11) is 0. The van der Waals surface area contributed by atoms with Gasteiger partial charge in [-0.15, -0.1) is 0 Å². The number of carbonyl (C=O) groups is 1. The second kappa shape index (κ2) is 10.2. The van der Waals surface area contributed by atoms with Crippen LogP contribution in [-0.2, 0) is 12.7 Å². The number of alkyl halides is 3. The molecule has 0 atom stereocenters. The van der Waals surface area contributed by atoms with Crippen LogP contribution in [0.5, 0.6) is 0 Å². The zero-order chi connectivity index (χ0) is 30.6. The third-order valence-corrected chi connectivity index (χ3v) is 6.50. The molecule has 6 rings (SSSR count). The quantitative estimate of drug-likeness (QED) is 0.134. The summed E-state index contributed by atoms with van der Waals surface area (Å²) in [6, 6.07) is 15.3. The van der Waals surface area contributed by atoms with Gasteiger partial charge in [-0.1, -0.05) is 36.4 Å². The van der Waals surface area contributed by atoms with Gasteiger partial charge in [-0.05, 0) is 22.9 Å². The van der Waals surface area contributed by atoms with Gasteiger partial charge in [0.25, 0.3) is 5.91 Å². The van der Waals surface area contributed by atoms with Gasteiger partial charge in [-0.3, -0.25) is 9.48 Å². The second-order valence-electron chi connectivity index (χ2n) is 9.29. The fourth-order valence-electron chi connectivity index (χ4n) is 4.43. The molecule has 7 nitrogen and oxygen atoms in total. The number of hydrogen-bond donors (Lipinski definition) is 1. The van der Waals surface area contributed by atoms with Crippen LogP contribution in [0.4, 0.5) is 40.9 Å². The van der Waals surface area contributed by atoms with Crippen molar-refractivity contribution in [2.24, 2.45) is 0 Å². The summed E-state index contributed by atoms with van der Waals surface area (Å²) in [5.74, 6) is -11.9. The zero-order valence-corrected chi connectivity index (χ0v) is 21.2. The molecule has 0 saturated heterocycles. The molecule has 0 spiro atoms. The molecule has 3 aromatic heterocycles. The first-order valence-electron chi connectivity index (χ1n) is 12.2. The topological polar surface area (TPSA) is 77.1 Å². The Morgan fingerprint density at radius 1 is 0.791 bits per heavy atom. The van der Waals surface area contributed by atoms with Crippen molar-refractivity contribution in [1.29, 1.82) is 0 Å². The molecule has 0 unspecified atom stereocenters. The summed E-state index contributed by atoms with van der Waals surface area (Å²) in [6.07, 6.45) is -3.79. The highest BCUT2D eigenvalue weighted by atomic mass is 19.4. The van der Waals surface area contributed by atoms with E-state index in [9.17, 15) is 39.9 Å². The molecule has 1 N–H and O–H groups in total. The third-order valence-electron chi connectivity index (χ3n) is 6.50. The summed E-state index contributed by atoms with van der Waals surface area (Å²) in [4.78, 5) is 17.1. The molecular weight excluding hydrogens is 588 g/mol. The van der Waals surface area contributed by atoms with Gasteiger partial charge in [0, 0.05) is 23.9 Å². The van der Waals surface area contributed by atoms with E-state index in [1.807, 2.05) is 12.1 Å². The standard InChI is InChI=1S/C28H14F8N6O/c29-22-16(23(30)25(32)26(33)24(22)31)12-41-8-7-20(40-41)38-27(43)18-11-21-37-17(10-19(28(34,35)36)42(21)39-18)15-6-5-13-3-1-2-4-14(13)9-15/h1-11H,12H2,(H,38,40,43). The Kier molecular flexibility index (Phi) is 6.59. The van der Waals surface area contributed by atoms with Crippen LogP contribution in [0.15, 0.2) is 66.9 Å². The maximum atomic E-state index is 14.0. The number of benzene rings is 3. The average molecular weight is 602 g/mol. The van der Waals surface area contributed by atoms with Crippen molar-refractivity contribution in [2.45, 2.75) is 12.7 Å². The molecule has 0 aliphatic heterocycles. The molecule has 6 aromatic rings. The lowest BCUT2D eigenvalue weighted by Gasteiger charge is -2.11. The van der Waals surface area contributed by atoms with E-state index in [1.54, 1.807) is 30.3 Å². The number of anilines is 1. The largest absolute Gasteiger partial charge is 0.433 e. The molecule has 1 amide bonds. The van der Waals surface area contributed by atoms with Crippen LogP contribution < -0.4 is 5.32 Å². The Bertz CT molecular complexity index is 2040. The van der Waals surface area contributed by atoms with Crippen LogP contribution in [0, 0.1) is 29.1 Å². The lowest BCUT2D eigenvalue weighted by Crippen LogP contribution is -2.16. The van der Waals surface area contributed by atoms with Crippen molar-refractivity contribution >= 4 is 28.1 Å². The van der Waals surface area contributed by atoms with Crippen LogP contribution in [0.25, 0.3) is 27.7 Å². The fraction of sp³-hybridized carbons (Fsp3) is 0.0714. The van der Waals surface area contributed by atoms with Crippen molar-refractivity contribution < 1.29 is 39.9 Å². The Hall–Kier alpha value is -5.34. The maximum Gasteiger partial charge on any atom is 0.433 e. The van der Waals surface area contributed by atoms with Crippen molar-refractivity contribution in [3.05, 3.63) is 113 Å². The molecule has 15 heteroatoms. The minimum absolute atomic E-state index is 0.00990. The monoisotopic (exact) mass is 602 g/mol. The Morgan fingerprint density at radius 3 is 2.16 bits per heavy atom. The summed E-state index contributed by atoms with van der Waals surface area (Å²) < 4.78 is 112. The molecule has 0 aliphatic rings. The van der Waals surface area contributed by atoms with Crippen LogP contribution in [0.1, 0.15) is 21.7 Å². The van der Waals surface area contributed by atoms with Gasteiger partial charge < -0.3 is 5.32 Å². The fourth-order valence-corrected chi connectivity index (χ4v) is 4.43. The highest BCUT2D eigenvalue weighted by Crippen LogP contribution is 2.33. The maximum absolute atomic E-state index is 14.0. The summed E-state index contributed by atoms with van der Waals surface area (Å²) in [5, 5.41) is 11.5.